The van der Waals surface area contributed by atoms with Gasteiger partial charge in [-0.1, -0.05) is 23.2 Å². The first-order valence-electron chi connectivity index (χ1n) is 5.77. The number of rotatable bonds is 3. The smallest absolute Gasteiger partial charge is 0.415 e. The Balaban J connectivity index is 3.11. The number of carboxylic acids is 1. The summed E-state index contributed by atoms with van der Waals surface area (Å²) in [7, 11) is 0. The maximum absolute atomic E-state index is 12.1. The Morgan fingerprint density at radius 3 is 2.10 bits per heavy atom. The second kappa shape index (κ2) is 6.33. The fourth-order valence-corrected chi connectivity index (χ4v) is 1.92. The third-order valence-corrected chi connectivity index (χ3v) is 2.50. The maximum Gasteiger partial charge on any atom is 0.415 e. The second-order valence-corrected chi connectivity index (χ2v) is 5.96. The van der Waals surface area contributed by atoms with Gasteiger partial charge in [0.15, 0.2) is 0 Å². The molecule has 5 nitrogen and oxygen atoms in total. The van der Waals surface area contributed by atoms with E-state index in [2.05, 4.69) is 0 Å². The molecular formula is C13H15Cl2NO4. The number of amides is 1. The average Bonchev–Trinajstić information content (AvgIpc) is 2.21. The van der Waals surface area contributed by atoms with Crippen molar-refractivity contribution in [2.24, 2.45) is 0 Å². The van der Waals surface area contributed by atoms with Crippen molar-refractivity contribution in [3.05, 3.63) is 28.2 Å². The van der Waals surface area contributed by atoms with Gasteiger partial charge in [-0.3, -0.25) is 9.69 Å². The molecule has 1 N–H and O–H groups in total. The van der Waals surface area contributed by atoms with Crippen molar-refractivity contribution in [2.75, 3.05) is 11.4 Å². The number of hydrogen-bond acceptors (Lipinski definition) is 3. The van der Waals surface area contributed by atoms with Gasteiger partial charge in [0, 0.05) is 10.0 Å². The molecule has 0 aliphatic rings. The average molecular weight is 320 g/mol. The highest BCUT2D eigenvalue weighted by molar-refractivity contribution is 6.35. The molecule has 110 valence electrons. The lowest BCUT2D eigenvalue weighted by atomic mass is 10.2. The Kier molecular flexibility index (Phi) is 5.25. The van der Waals surface area contributed by atoms with Gasteiger partial charge in [-0.25, -0.2) is 4.79 Å². The number of ether oxygens (including phenoxy) is 1. The molecule has 0 aliphatic heterocycles. The van der Waals surface area contributed by atoms with E-state index >= 15 is 0 Å². The summed E-state index contributed by atoms with van der Waals surface area (Å²) in [5.74, 6) is -1.17. The zero-order chi connectivity index (χ0) is 15.5. The summed E-state index contributed by atoms with van der Waals surface area (Å²) in [5, 5.41) is 9.51. The zero-order valence-corrected chi connectivity index (χ0v) is 12.8. The lowest BCUT2D eigenvalue weighted by molar-refractivity contribution is -0.135. The summed E-state index contributed by atoms with van der Waals surface area (Å²) in [6, 6.07) is 4.38. The van der Waals surface area contributed by atoms with Crippen LogP contribution in [0.15, 0.2) is 18.2 Å². The van der Waals surface area contributed by atoms with Crippen LogP contribution in [0.5, 0.6) is 0 Å². The van der Waals surface area contributed by atoms with E-state index in [1.54, 1.807) is 20.8 Å². The monoisotopic (exact) mass is 319 g/mol. The number of aliphatic carboxylic acids is 1. The van der Waals surface area contributed by atoms with E-state index in [4.69, 9.17) is 33.0 Å². The Morgan fingerprint density at radius 2 is 1.70 bits per heavy atom. The molecule has 0 spiro atoms. The van der Waals surface area contributed by atoms with Crippen LogP contribution in [0.1, 0.15) is 20.8 Å². The second-order valence-electron chi connectivity index (χ2n) is 5.09. The summed E-state index contributed by atoms with van der Waals surface area (Å²) >= 11 is 11.7. The number of nitrogens with zero attached hydrogens (tertiary/aromatic N) is 1. The summed E-state index contributed by atoms with van der Waals surface area (Å²) in [5.41, 5.74) is -0.477. The molecule has 0 radical (unpaired) electrons. The number of carbonyl (C=O) groups excluding carboxylic acids is 1. The quantitative estimate of drug-likeness (QED) is 0.919. The van der Waals surface area contributed by atoms with Crippen molar-refractivity contribution in [3.63, 3.8) is 0 Å². The minimum Gasteiger partial charge on any atom is -0.480 e. The Morgan fingerprint density at radius 1 is 1.20 bits per heavy atom. The lowest BCUT2D eigenvalue weighted by Crippen LogP contribution is -2.40. The van der Waals surface area contributed by atoms with Crippen molar-refractivity contribution >= 4 is 41.0 Å². The number of anilines is 1. The van der Waals surface area contributed by atoms with Crippen molar-refractivity contribution in [3.8, 4) is 0 Å². The minimum atomic E-state index is -1.17. The lowest BCUT2D eigenvalue weighted by Gasteiger charge is -2.26. The van der Waals surface area contributed by atoms with Gasteiger partial charge in [0.25, 0.3) is 0 Å². The van der Waals surface area contributed by atoms with E-state index < -0.39 is 24.2 Å². The molecule has 0 saturated heterocycles. The van der Waals surface area contributed by atoms with E-state index in [0.717, 1.165) is 4.90 Å². The summed E-state index contributed by atoms with van der Waals surface area (Å²) in [6.45, 7) is 4.52. The molecule has 20 heavy (non-hydrogen) atoms. The van der Waals surface area contributed by atoms with Crippen LogP contribution >= 0.6 is 23.2 Å². The van der Waals surface area contributed by atoms with Crippen molar-refractivity contribution < 1.29 is 19.4 Å². The van der Waals surface area contributed by atoms with Crippen LogP contribution < -0.4 is 4.90 Å². The van der Waals surface area contributed by atoms with Gasteiger partial charge in [-0.2, -0.15) is 0 Å². The largest absolute Gasteiger partial charge is 0.480 e. The summed E-state index contributed by atoms with van der Waals surface area (Å²) in [6.07, 6.45) is -0.779. The fraction of sp³-hybridized carbons (Fsp3) is 0.385. The van der Waals surface area contributed by atoms with E-state index in [1.807, 2.05) is 0 Å². The molecule has 0 atom stereocenters. The number of halogens is 2. The molecule has 1 rings (SSSR count). The highest BCUT2D eigenvalue weighted by Crippen LogP contribution is 2.26. The van der Waals surface area contributed by atoms with E-state index in [1.165, 1.54) is 18.2 Å². The first-order chi connectivity index (χ1) is 9.08. The predicted octanol–water partition coefficient (Wildman–Crippen LogP) is 3.82. The molecule has 1 aromatic carbocycles. The zero-order valence-electron chi connectivity index (χ0n) is 11.3. The van der Waals surface area contributed by atoms with E-state index in [0.29, 0.717) is 10.0 Å². The molecule has 1 amide bonds. The van der Waals surface area contributed by atoms with E-state index in [-0.39, 0.29) is 5.69 Å². The number of carbonyl (C=O) groups is 2. The van der Waals surface area contributed by atoms with Crippen LogP contribution in [0.3, 0.4) is 0 Å². The van der Waals surface area contributed by atoms with Gasteiger partial charge in [0.2, 0.25) is 0 Å². The van der Waals surface area contributed by atoms with Crippen molar-refractivity contribution in [1.82, 2.24) is 0 Å². The topological polar surface area (TPSA) is 66.8 Å². The summed E-state index contributed by atoms with van der Waals surface area (Å²) < 4.78 is 5.17. The van der Waals surface area contributed by atoms with Gasteiger partial charge >= 0.3 is 12.1 Å². The first-order valence-corrected chi connectivity index (χ1v) is 6.52. The minimum absolute atomic E-state index is 0.263. The van der Waals surface area contributed by atoms with Crippen molar-refractivity contribution in [2.45, 2.75) is 26.4 Å². The molecule has 7 heteroatoms. The van der Waals surface area contributed by atoms with Crippen LogP contribution in [0.2, 0.25) is 10.0 Å². The number of hydrogen-bond donors (Lipinski definition) is 1. The molecule has 0 aliphatic carbocycles. The number of benzene rings is 1. The van der Waals surface area contributed by atoms with Gasteiger partial charge in [-0.05, 0) is 39.0 Å². The van der Waals surface area contributed by atoms with Crippen LogP contribution in [0.25, 0.3) is 0 Å². The van der Waals surface area contributed by atoms with Crippen LogP contribution in [-0.2, 0) is 9.53 Å². The SMILES string of the molecule is CC(C)(C)OC(=O)N(CC(=O)O)c1cc(Cl)cc(Cl)c1. The predicted molar refractivity (Wildman–Crippen MR) is 77.7 cm³/mol. The van der Waals surface area contributed by atoms with Gasteiger partial charge in [-0.15, -0.1) is 0 Å². The fourth-order valence-electron chi connectivity index (χ4n) is 1.41. The molecule has 0 bridgehead atoms. The van der Waals surface area contributed by atoms with Crippen LogP contribution in [0, 0.1) is 0 Å². The highest BCUT2D eigenvalue weighted by Gasteiger charge is 2.25. The van der Waals surface area contributed by atoms with Gasteiger partial charge in [0.05, 0.1) is 5.69 Å². The Bertz CT molecular complexity index is 505. The molecule has 0 aromatic heterocycles. The molecule has 0 heterocycles. The number of carboxylic acid groups (broad SMARTS) is 1. The Hall–Kier alpha value is -1.46. The molecule has 0 unspecified atom stereocenters. The standard InChI is InChI=1S/C13H15Cl2NO4/c1-13(2,3)20-12(19)16(7-11(17)18)10-5-8(14)4-9(15)6-10/h4-6H,7H2,1-3H3,(H,17,18). The van der Waals surface area contributed by atoms with Crippen LogP contribution in [0.4, 0.5) is 10.5 Å². The normalized spacial score (nSPS) is 11.1. The van der Waals surface area contributed by atoms with Gasteiger partial charge in [0.1, 0.15) is 12.1 Å². The third kappa shape index (κ3) is 5.27. The Labute approximate surface area is 127 Å². The molecular weight excluding hydrogens is 305 g/mol. The first kappa shape index (κ1) is 16.6. The highest BCUT2D eigenvalue weighted by atomic mass is 35.5. The van der Waals surface area contributed by atoms with Gasteiger partial charge < -0.3 is 9.84 Å². The maximum atomic E-state index is 12.1. The third-order valence-electron chi connectivity index (χ3n) is 2.07. The molecule has 0 saturated carbocycles. The summed E-state index contributed by atoms with van der Waals surface area (Å²) in [4.78, 5) is 23.9. The van der Waals surface area contributed by atoms with Crippen molar-refractivity contribution in [1.29, 1.82) is 0 Å². The van der Waals surface area contributed by atoms with E-state index in [9.17, 15) is 9.59 Å². The van der Waals surface area contributed by atoms with Crippen LogP contribution in [-0.4, -0.2) is 29.3 Å². The molecule has 0 fully saturated rings. The molecule has 1 aromatic rings.